The van der Waals surface area contributed by atoms with Crippen LogP contribution in [0.15, 0.2) is 12.1 Å². The fourth-order valence-electron chi connectivity index (χ4n) is 2.55. The molecule has 0 saturated heterocycles. The summed E-state index contributed by atoms with van der Waals surface area (Å²) in [5.41, 5.74) is 1.45. The van der Waals surface area contributed by atoms with Crippen molar-refractivity contribution in [2.24, 2.45) is 0 Å². The molecule has 1 aromatic rings. The van der Waals surface area contributed by atoms with Gasteiger partial charge < -0.3 is 9.84 Å². The number of hydrogen-bond acceptors (Lipinski definition) is 3. The zero-order valence-electron chi connectivity index (χ0n) is 8.32. The first-order valence-electron chi connectivity index (χ1n) is 5.29. The van der Waals surface area contributed by atoms with E-state index in [1.807, 2.05) is 0 Å². The molecule has 0 radical (unpaired) electrons. The van der Waals surface area contributed by atoms with E-state index in [2.05, 4.69) is 0 Å². The smallest absolute Gasteiger partial charge is 0.167 e. The Balaban J connectivity index is 2.28. The maximum Gasteiger partial charge on any atom is 0.167 e. The number of ether oxygens (including phenoxy) is 1. The number of phenols is 1. The number of rotatable bonds is 0. The van der Waals surface area contributed by atoms with E-state index in [0.717, 1.165) is 24.2 Å². The van der Waals surface area contributed by atoms with Gasteiger partial charge in [0.05, 0.1) is 12.2 Å². The number of hydrogen-bond donors (Lipinski definition) is 1. The fraction of sp³-hybridized carbons (Fsp3) is 0.417. The van der Waals surface area contributed by atoms with Gasteiger partial charge in [-0.05, 0) is 25.0 Å². The molecule has 3 heteroatoms. The van der Waals surface area contributed by atoms with E-state index in [4.69, 9.17) is 4.74 Å². The molecule has 3 nitrogen and oxygen atoms in total. The molecule has 1 heterocycles. The summed E-state index contributed by atoms with van der Waals surface area (Å²) >= 11 is 0. The number of ketones is 1. The number of aromatic hydroxyl groups is 1. The fourth-order valence-corrected chi connectivity index (χ4v) is 2.55. The van der Waals surface area contributed by atoms with E-state index in [0.29, 0.717) is 24.5 Å². The third-order valence-electron chi connectivity index (χ3n) is 3.27. The number of carbonyl (C=O) groups is 1. The number of Topliss-reactive ketones (excluding diaryl/α,β-unsaturated/α-hetero) is 1. The van der Waals surface area contributed by atoms with Crippen LogP contribution in [-0.4, -0.2) is 17.5 Å². The van der Waals surface area contributed by atoms with Crippen LogP contribution in [0.2, 0.25) is 0 Å². The molecule has 0 spiro atoms. The Hall–Kier alpha value is -1.51. The standard InChI is InChI=1S/C12H12O3/c13-8-3-1-2-7-6-15-10-5-4-9(14)12(8)11(7)10/h4-5,7,14H,1-3,6H2/t7-/m0/s1. The van der Waals surface area contributed by atoms with Crippen LogP contribution in [0.3, 0.4) is 0 Å². The lowest BCUT2D eigenvalue weighted by atomic mass is 9.93. The van der Waals surface area contributed by atoms with Crippen molar-refractivity contribution in [1.29, 1.82) is 0 Å². The molecule has 1 aliphatic heterocycles. The van der Waals surface area contributed by atoms with Gasteiger partial charge in [0.25, 0.3) is 0 Å². The van der Waals surface area contributed by atoms with Crippen molar-refractivity contribution >= 4 is 5.78 Å². The lowest BCUT2D eigenvalue weighted by molar-refractivity contribution is 0.0979. The first-order valence-corrected chi connectivity index (χ1v) is 5.29. The molecule has 15 heavy (non-hydrogen) atoms. The molecular formula is C12H12O3. The molecule has 0 unspecified atom stereocenters. The predicted molar refractivity (Wildman–Crippen MR) is 54.5 cm³/mol. The van der Waals surface area contributed by atoms with E-state index >= 15 is 0 Å². The van der Waals surface area contributed by atoms with Crippen molar-refractivity contribution in [2.75, 3.05) is 6.61 Å². The molecule has 1 atom stereocenters. The summed E-state index contributed by atoms with van der Waals surface area (Å²) in [5.74, 6) is 1.24. The highest BCUT2D eigenvalue weighted by molar-refractivity contribution is 6.01. The first-order chi connectivity index (χ1) is 7.27. The molecule has 0 amide bonds. The summed E-state index contributed by atoms with van der Waals surface area (Å²) in [6, 6.07) is 3.31. The Morgan fingerprint density at radius 1 is 1.40 bits per heavy atom. The Kier molecular flexibility index (Phi) is 1.75. The Labute approximate surface area is 87.7 Å². The van der Waals surface area contributed by atoms with Crippen LogP contribution in [0.1, 0.15) is 41.1 Å². The van der Waals surface area contributed by atoms with Crippen LogP contribution in [-0.2, 0) is 0 Å². The van der Waals surface area contributed by atoms with Crippen molar-refractivity contribution < 1.29 is 14.6 Å². The minimum Gasteiger partial charge on any atom is -0.507 e. The van der Waals surface area contributed by atoms with Crippen molar-refractivity contribution in [3.63, 3.8) is 0 Å². The summed E-state index contributed by atoms with van der Waals surface area (Å²) in [7, 11) is 0. The lowest BCUT2D eigenvalue weighted by Gasteiger charge is -2.08. The average Bonchev–Trinajstić information content (AvgIpc) is 2.53. The SMILES string of the molecule is O=C1CCC[C@H]2COc3ccc(O)c1c32. The highest BCUT2D eigenvalue weighted by atomic mass is 16.5. The van der Waals surface area contributed by atoms with Crippen LogP contribution >= 0.6 is 0 Å². The summed E-state index contributed by atoms with van der Waals surface area (Å²) in [6.45, 7) is 0.652. The van der Waals surface area contributed by atoms with E-state index in [9.17, 15) is 9.90 Å². The topological polar surface area (TPSA) is 46.5 Å². The molecule has 3 rings (SSSR count). The zero-order valence-corrected chi connectivity index (χ0v) is 8.32. The van der Waals surface area contributed by atoms with Gasteiger partial charge in [0, 0.05) is 17.9 Å². The second-order valence-electron chi connectivity index (χ2n) is 4.19. The van der Waals surface area contributed by atoms with Gasteiger partial charge in [-0.25, -0.2) is 0 Å². The quantitative estimate of drug-likeness (QED) is 0.704. The van der Waals surface area contributed by atoms with Gasteiger partial charge in [0.2, 0.25) is 0 Å². The second-order valence-corrected chi connectivity index (χ2v) is 4.19. The van der Waals surface area contributed by atoms with Crippen molar-refractivity contribution in [2.45, 2.75) is 25.2 Å². The molecule has 2 aliphatic rings. The molecule has 78 valence electrons. The van der Waals surface area contributed by atoms with E-state index < -0.39 is 0 Å². The molecule has 1 aromatic carbocycles. The van der Waals surface area contributed by atoms with Crippen molar-refractivity contribution in [1.82, 2.24) is 0 Å². The molecule has 1 N–H and O–H groups in total. The van der Waals surface area contributed by atoms with Crippen LogP contribution < -0.4 is 4.74 Å². The Morgan fingerprint density at radius 2 is 2.27 bits per heavy atom. The van der Waals surface area contributed by atoms with Gasteiger partial charge in [0.15, 0.2) is 5.78 Å². The average molecular weight is 204 g/mol. The van der Waals surface area contributed by atoms with Gasteiger partial charge in [-0.3, -0.25) is 4.79 Å². The van der Waals surface area contributed by atoms with Gasteiger partial charge in [-0.1, -0.05) is 0 Å². The molecule has 1 aliphatic carbocycles. The normalized spacial score (nSPS) is 23.2. The van der Waals surface area contributed by atoms with Crippen LogP contribution in [0.5, 0.6) is 11.5 Å². The van der Waals surface area contributed by atoms with Crippen molar-refractivity contribution in [3.8, 4) is 11.5 Å². The zero-order chi connectivity index (χ0) is 10.4. The summed E-state index contributed by atoms with van der Waals surface area (Å²) in [4.78, 5) is 11.8. The van der Waals surface area contributed by atoms with Gasteiger partial charge >= 0.3 is 0 Å². The minimum absolute atomic E-state index is 0.0531. The number of carbonyl (C=O) groups excluding carboxylic acids is 1. The molecule has 0 fully saturated rings. The minimum atomic E-state index is 0.0531. The molecular weight excluding hydrogens is 192 g/mol. The van der Waals surface area contributed by atoms with Crippen LogP contribution in [0.25, 0.3) is 0 Å². The number of phenolic OH excluding ortho intramolecular Hbond substituents is 1. The van der Waals surface area contributed by atoms with E-state index in [1.165, 1.54) is 0 Å². The summed E-state index contributed by atoms with van der Waals surface area (Å²) in [5, 5.41) is 9.75. The summed E-state index contributed by atoms with van der Waals surface area (Å²) in [6.07, 6.45) is 2.41. The van der Waals surface area contributed by atoms with E-state index in [1.54, 1.807) is 12.1 Å². The lowest BCUT2D eigenvalue weighted by Crippen LogP contribution is -2.01. The highest BCUT2D eigenvalue weighted by Gasteiger charge is 2.33. The van der Waals surface area contributed by atoms with Crippen LogP contribution in [0.4, 0.5) is 0 Å². The van der Waals surface area contributed by atoms with Gasteiger partial charge in [-0.15, -0.1) is 0 Å². The maximum absolute atomic E-state index is 11.8. The monoisotopic (exact) mass is 204 g/mol. The maximum atomic E-state index is 11.8. The van der Waals surface area contributed by atoms with Gasteiger partial charge in [0.1, 0.15) is 11.5 Å². The molecule has 0 saturated carbocycles. The predicted octanol–water partition coefficient (Wildman–Crippen LogP) is 2.23. The third-order valence-corrected chi connectivity index (χ3v) is 3.27. The van der Waals surface area contributed by atoms with Crippen LogP contribution in [0, 0.1) is 0 Å². The molecule has 0 aromatic heterocycles. The highest BCUT2D eigenvalue weighted by Crippen LogP contribution is 2.44. The Morgan fingerprint density at radius 3 is 3.13 bits per heavy atom. The summed E-state index contributed by atoms with van der Waals surface area (Å²) < 4.78 is 5.52. The van der Waals surface area contributed by atoms with Crippen molar-refractivity contribution in [3.05, 3.63) is 23.3 Å². The second kappa shape index (κ2) is 2.99. The third kappa shape index (κ3) is 1.16. The van der Waals surface area contributed by atoms with E-state index in [-0.39, 0.29) is 11.5 Å². The molecule has 0 bridgehead atoms. The Bertz CT molecular complexity index is 437. The number of benzene rings is 1. The van der Waals surface area contributed by atoms with Gasteiger partial charge in [-0.2, -0.15) is 0 Å². The largest absolute Gasteiger partial charge is 0.507 e. The first kappa shape index (κ1) is 8.77.